The number of aryl methyl sites for hydroxylation is 1. The van der Waals surface area contributed by atoms with Crippen molar-refractivity contribution in [2.45, 2.75) is 6.92 Å². The van der Waals surface area contributed by atoms with E-state index in [0.29, 0.717) is 5.82 Å². The summed E-state index contributed by atoms with van der Waals surface area (Å²) in [6.45, 7) is 5.37. The Balaban J connectivity index is 2.94. The van der Waals surface area contributed by atoms with Crippen molar-refractivity contribution < 1.29 is 0 Å². The van der Waals surface area contributed by atoms with Gasteiger partial charge in [-0.2, -0.15) is 0 Å². The predicted octanol–water partition coefficient (Wildman–Crippen LogP) is 1.67. The van der Waals surface area contributed by atoms with Gasteiger partial charge in [-0.25, -0.2) is 9.98 Å². The monoisotopic (exact) mass is 147 g/mol. The Morgan fingerprint density at radius 2 is 2.18 bits per heavy atom. The summed E-state index contributed by atoms with van der Waals surface area (Å²) in [5.74, 6) is 0.646. The molecule has 0 N–H and O–H groups in total. The zero-order valence-electron chi connectivity index (χ0n) is 6.36. The lowest BCUT2D eigenvalue weighted by Crippen LogP contribution is -1.83. The number of allylic oxidation sites excluding steroid dienone is 1. The van der Waals surface area contributed by atoms with Crippen molar-refractivity contribution in [2.75, 3.05) is 0 Å². The summed E-state index contributed by atoms with van der Waals surface area (Å²) in [6, 6.07) is 0. The van der Waals surface area contributed by atoms with Crippen LogP contribution in [0.4, 0.5) is 5.82 Å². The Labute approximate surface area is 65.5 Å². The maximum Gasteiger partial charge on any atom is 0.173 e. The summed E-state index contributed by atoms with van der Waals surface area (Å²) >= 11 is 0. The molecule has 1 rings (SSSR count). The molecule has 0 bridgehead atoms. The Morgan fingerprint density at radius 3 is 2.82 bits per heavy atom. The van der Waals surface area contributed by atoms with Crippen molar-refractivity contribution in [3.8, 4) is 0 Å². The van der Waals surface area contributed by atoms with Crippen molar-refractivity contribution in [1.82, 2.24) is 9.97 Å². The van der Waals surface area contributed by atoms with Gasteiger partial charge in [-0.15, -0.1) is 0 Å². The van der Waals surface area contributed by atoms with Crippen LogP contribution in [0.15, 0.2) is 30.0 Å². The molecule has 0 atom stereocenters. The van der Waals surface area contributed by atoms with E-state index in [1.165, 1.54) is 0 Å². The molecule has 1 heterocycles. The normalized spacial score (nSPS) is 10.3. The first kappa shape index (κ1) is 7.60. The highest BCUT2D eigenvalue weighted by Gasteiger charge is 1.93. The zero-order chi connectivity index (χ0) is 8.10. The van der Waals surface area contributed by atoms with E-state index in [1.54, 1.807) is 24.7 Å². The van der Waals surface area contributed by atoms with Gasteiger partial charge in [0, 0.05) is 18.6 Å². The van der Waals surface area contributed by atoms with Crippen molar-refractivity contribution in [1.29, 1.82) is 0 Å². The number of nitrogens with zero attached hydrogens (tertiary/aromatic N) is 3. The van der Waals surface area contributed by atoms with Gasteiger partial charge in [-0.05, 0) is 6.92 Å². The van der Waals surface area contributed by atoms with Crippen LogP contribution in [0.2, 0.25) is 0 Å². The van der Waals surface area contributed by atoms with Gasteiger partial charge < -0.3 is 0 Å². The van der Waals surface area contributed by atoms with Crippen LogP contribution in [0.1, 0.15) is 5.69 Å². The molecule has 3 nitrogen and oxygen atoms in total. The van der Waals surface area contributed by atoms with Gasteiger partial charge in [0.1, 0.15) is 0 Å². The number of hydrogen-bond acceptors (Lipinski definition) is 3. The molecule has 0 saturated carbocycles. The Kier molecular flexibility index (Phi) is 2.49. The van der Waals surface area contributed by atoms with Crippen LogP contribution < -0.4 is 0 Å². The van der Waals surface area contributed by atoms with Crippen molar-refractivity contribution in [2.24, 2.45) is 4.99 Å². The van der Waals surface area contributed by atoms with Crippen LogP contribution in [0.3, 0.4) is 0 Å². The predicted molar refractivity (Wildman–Crippen MR) is 45.1 cm³/mol. The first-order valence-electron chi connectivity index (χ1n) is 3.27. The van der Waals surface area contributed by atoms with E-state index in [2.05, 4.69) is 21.5 Å². The fourth-order valence-electron chi connectivity index (χ4n) is 0.650. The second kappa shape index (κ2) is 3.61. The van der Waals surface area contributed by atoms with Gasteiger partial charge >= 0.3 is 0 Å². The molecule has 1 aromatic heterocycles. The number of aliphatic imine (C=N–C) groups is 1. The molecular formula is C8H9N3. The van der Waals surface area contributed by atoms with Gasteiger partial charge in [-0.1, -0.05) is 12.7 Å². The summed E-state index contributed by atoms with van der Waals surface area (Å²) in [6.07, 6.45) is 6.45. The molecule has 0 saturated heterocycles. The van der Waals surface area contributed by atoms with Crippen LogP contribution >= 0.6 is 0 Å². The standard InChI is InChI=1S/C8H9N3/c1-3-4-10-8-7(2)9-5-6-11-8/h3-6H,1H2,2H3. The largest absolute Gasteiger partial charge is 0.256 e. The van der Waals surface area contributed by atoms with Crippen molar-refractivity contribution in [3.05, 3.63) is 30.7 Å². The molecule has 0 amide bonds. The summed E-state index contributed by atoms with van der Waals surface area (Å²) < 4.78 is 0. The summed E-state index contributed by atoms with van der Waals surface area (Å²) in [5.41, 5.74) is 0.825. The lowest BCUT2D eigenvalue weighted by atomic mass is 10.4. The first-order valence-corrected chi connectivity index (χ1v) is 3.27. The van der Waals surface area contributed by atoms with E-state index in [4.69, 9.17) is 0 Å². The molecule has 0 aromatic carbocycles. The highest BCUT2D eigenvalue weighted by molar-refractivity contribution is 5.73. The van der Waals surface area contributed by atoms with Gasteiger partial charge in [0.25, 0.3) is 0 Å². The average molecular weight is 147 g/mol. The van der Waals surface area contributed by atoms with E-state index in [0.717, 1.165) is 5.69 Å². The summed E-state index contributed by atoms with van der Waals surface area (Å²) in [7, 11) is 0. The lowest BCUT2D eigenvalue weighted by molar-refractivity contribution is 1.10. The lowest BCUT2D eigenvalue weighted by Gasteiger charge is -1.93. The fraction of sp³-hybridized carbons (Fsp3) is 0.125. The van der Waals surface area contributed by atoms with Gasteiger partial charge in [0.15, 0.2) is 5.82 Å². The molecule has 0 aliphatic heterocycles. The average Bonchev–Trinajstić information content (AvgIpc) is 2.03. The quantitative estimate of drug-likeness (QED) is 0.597. The zero-order valence-corrected chi connectivity index (χ0v) is 6.36. The van der Waals surface area contributed by atoms with Gasteiger partial charge in [0.2, 0.25) is 0 Å². The van der Waals surface area contributed by atoms with Gasteiger partial charge in [0.05, 0.1) is 5.69 Å². The molecule has 0 spiro atoms. The van der Waals surface area contributed by atoms with Crippen LogP contribution in [0.5, 0.6) is 0 Å². The third-order valence-corrected chi connectivity index (χ3v) is 1.16. The molecule has 0 radical (unpaired) electrons. The highest BCUT2D eigenvalue weighted by Crippen LogP contribution is 2.08. The molecule has 0 aliphatic rings. The van der Waals surface area contributed by atoms with Crippen LogP contribution in [-0.4, -0.2) is 16.2 Å². The third-order valence-electron chi connectivity index (χ3n) is 1.16. The summed E-state index contributed by atoms with van der Waals surface area (Å²) in [5, 5.41) is 0. The van der Waals surface area contributed by atoms with Crippen molar-refractivity contribution in [3.63, 3.8) is 0 Å². The molecule has 11 heavy (non-hydrogen) atoms. The van der Waals surface area contributed by atoms with E-state index < -0.39 is 0 Å². The van der Waals surface area contributed by atoms with Crippen molar-refractivity contribution >= 4 is 12.0 Å². The minimum Gasteiger partial charge on any atom is -0.256 e. The Bertz CT molecular complexity index is 278. The minimum absolute atomic E-state index is 0.646. The summed E-state index contributed by atoms with van der Waals surface area (Å²) in [4.78, 5) is 12.0. The molecule has 3 heteroatoms. The minimum atomic E-state index is 0.646. The maximum atomic E-state index is 4.02. The number of hydrogen-bond donors (Lipinski definition) is 0. The Morgan fingerprint density at radius 1 is 1.45 bits per heavy atom. The van der Waals surface area contributed by atoms with Gasteiger partial charge in [-0.3, -0.25) is 4.98 Å². The second-order valence-electron chi connectivity index (χ2n) is 1.98. The van der Waals surface area contributed by atoms with E-state index in [-0.39, 0.29) is 0 Å². The molecule has 56 valence electrons. The van der Waals surface area contributed by atoms with E-state index in [1.807, 2.05) is 6.92 Å². The smallest absolute Gasteiger partial charge is 0.173 e. The molecular weight excluding hydrogens is 138 g/mol. The SMILES string of the molecule is C=CC=Nc1nccnc1C. The van der Waals surface area contributed by atoms with Crippen LogP contribution in [0, 0.1) is 6.92 Å². The topological polar surface area (TPSA) is 38.1 Å². The van der Waals surface area contributed by atoms with E-state index in [9.17, 15) is 0 Å². The second-order valence-corrected chi connectivity index (χ2v) is 1.98. The first-order chi connectivity index (χ1) is 5.34. The van der Waals surface area contributed by atoms with Crippen LogP contribution in [0.25, 0.3) is 0 Å². The number of aromatic nitrogens is 2. The maximum absolute atomic E-state index is 4.02. The van der Waals surface area contributed by atoms with Crippen LogP contribution in [-0.2, 0) is 0 Å². The molecule has 0 unspecified atom stereocenters. The molecule has 0 fully saturated rings. The molecule has 1 aromatic rings. The number of rotatable bonds is 2. The highest BCUT2D eigenvalue weighted by atomic mass is 14.9. The van der Waals surface area contributed by atoms with E-state index >= 15 is 0 Å². The Hall–Kier alpha value is -1.51. The third kappa shape index (κ3) is 1.97. The molecule has 0 aliphatic carbocycles. The fourth-order valence-corrected chi connectivity index (χ4v) is 0.650.